The number of nitrogens with zero attached hydrogens (tertiary/aromatic N) is 4. The van der Waals surface area contributed by atoms with Crippen molar-refractivity contribution in [1.82, 2.24) is 19.3 Å². The van der Waals surface area contributed by atoms with E-state index in [0.717, 1.165) is 48.0 Å². The molecule has 0 unspecified atom stereocenters. The first-order valence-electron chi connectivity index (χ1n) is 10.4. The third-order valence-corrected chi connectivity index (χ3v) is 6.05. The zero-order valence-corrected chi connectivity index (χ0v) is 16.9. The van der Waals surface area contributed by atoms with Crippen LogP contribution in [-0.4, -0.2) is 30.5 Å². The summed E-state index contributed by atoms with van der Waals surface area (Å²) >= 11 is 0. The van der Waals surface area contributed by atoms with Crippen LogP contribution in [-0.2, 0) is 6.42 Å². The molecule has 0 amide bonds. The van der Waals surface area contributed by atoms with Crippen LogP contribution >= 0.6 is 0 Å². The first-order valence-corrected chi connectivity index (χ1v) is 10.4. The third-order valence-electron chi connectivity index (χ3n) is 6.05. The second-order valence-electron chi connectivity index (χ2n) is 8.13. The lowest BCUT2D eigenvalue weighted by Gasteiger charge is -2.18. The Kier molecular flexibility index (Phi) is 4.71. The molecule has 2 atom stereocenters. The molecule has 0 radical (unpaired) electrons. The van der Waals surface area contributed by atoms with Crippen molar-refractivity contribution in [2.75, 3.05) is 0 Å². The van der Waals surface area contributed by atoms with Crippen LogP contribution < -0.4 is 5.56 Å². The van der Waals surface area contributed by atoms with E-state index in [4.69, 9.17) is 0 Å². The van der Waals surface area contributed by atoms with Crippen molar-refractivity contribution in [3.8, 4) is 5.69 Å². The van der Waals surface area contributed by atoms with Gasteiger partial charge in [-0.2, -0.15) is 5.10 Å². The summed E-state index contributed by atoms with van der Waals surface area (Å²) in [5.74, 6) is 0. The largest absolute Gasteiger partial charge is 0.391 e. The Morgan fingerprint density at radius 3 is 2.67 bits per heavy atom. The summed E-state index contributed by atoms with van der Waals surface area (Å²) in [5, 5.41) is 15.1. The number of aliphatic hydroxyl groups excluding tert-OH is 1. The van der Waals surface area contributed by atoms with Gasteiger partial charge in [-0.3, -0.25) is 9.36 Å². The van der Waals surface area contributed by atoms with Gasteiger partial charge in [0.25, 0.3) is 5.56 Å². The Bertz CT molecular complexity index is 1240. The fraction of sp³-hybridized carbons (Fsp3) is 0.292. The Labute approximate surface area is 174 Å². The maximum Gasteiger partial charge on any atom is 0.261 e. The third kappa shape index (κ3) is 3.33. The predicted octanol–water partition coefficient (Wildman–Crippen LogP) is 3.57. The van der Waals surface area contributed by atoms with Crippen molar-refractivity contribution in [2.24, 2.45) is 0 Å². The number of aromatic nitrogens is 4. The van der Waals surface area contributed by atoms with Crippen LogP contribution in [0.25, 0.3) is 16.6 Å². The van der Waals surface area contributed by atoms with Crippen molar-refractivity contribution < 1.29 is 5.11 Å². The second kappa shape index (κ2) is 7.54. The molecule has 6 nitrogen and oxygen atoms in total. The number of rotatable bonds is 4. The van der Waals surface area contributed by atoms with E-state index >= 15 is 0 Å². The van der Waals surface area contributed by atoms with E-state index < -0.39 is 6.10 Å². The smallest absolute Gasteiger partial charge is 0.261 e. The highest BCUT2D eigenvalue weighted by Crippen LogP contribution is 2.29. The molecule has 0 aliphatic heterocycles. The molecule has 6 heteroatoms. The highest BCUT2D eigenvalue weighted by Gasteiger charge is 2.28. The maximum absolute atomic E-state index is 13.2. The first-order chi connectivity index (χ1) is 14.6. The van der Waals surface area contributed by atoms with Crippen molar-refractivity contribution in [3.05, 3.63) is 88.2 Å². The molecule has 2 heterocycles. The zero-order chi connectivity index (χ0) is 20.7. The predicted molar refractivity (Wildman–Crippen MR) is 116 cm³/mol. The van der Waals surface area contributed by atoms with Crippen LogP contribution in [0.4, 0.5) is 0 Å². The topological polar surface area (TPSA) is 72.9 Å². The van der Waals surface area contributed by atoms with E-state index in [-0.39, 0.29) is 11.6 Å². The van der Waals surface area contributed by atoms with Gasteiger partial charge in [-0.25, -0.2) is 9.67 Å². The monoisotopic (exact) mass is 400 g/mol. The quantitative estimate of drug-likeness (QED) is 0.568. The summed E-state index contributed by atoms with van der Waals surface area (Å²) in [7, 11) is 0. The normalized spacial score (nSPS) is 18.9. The van der Waals surface area contributed by atoms with Gasteiger partial charge in [-0.1, -0.05) is 18.2 Å². The van der Waals surface area contributed by atoms with Crippen molar-refractivity contribution in [1.29, 1.82) is 0 Å². The molecule has 1 saturated carbocycles. The van der Waals surface area contributed by atoms with Gasteiger partial charge in [0.2, 0.25) is 0 Å². The SMILES string of the molecule is Cc1cc(Cc2ccc(-n3cccn3)cc2)cc2c(=O)n([C@@H]3CCC[C@H]3O)cnc12. The molecule has 4 aromatic rings. The number of benzene rings is 2. The zero-order valence-electron chi connectivity index (χ0n) is 16.9. The minimum Gasteiger partial charge on any atom is -0.391 e. The lowest BCUT2D eigenvalue weighted by Crippen LogP contribution is -2.29. The molecule has 1 aliphatic rings. The van der Waals surface area contributed by atoms with Gasteiger partial charge < -0.3 is 5.11 Å². The number of fused-ring (bicyclic) bond motifs is 1. The van der Waals surface area contributed by atoms with Gasteiger partial charge in [0.05, 0.1) is 35.1 Å². The van der Waals surface area contributed by atoms with E-state index in [1.807, 2.05) is 42.1 Å². The number of hydrogen-bond donors (Lipinski definition) is 1. The summed E-state index contributed by atoms with van der Waals surface area (Å²) in [6, 6.07) is 14.1. The molecular formula is C24H24N4O2. The summed E-state index contributed by atoms with van der Waals surface area (Å²) < 4.78 is 3.46. The van der Waals surface area contributed by atoms with Gasteiger partial charge in [0.1, 0.15) is 0 Å². The average molecular weight is 400 g/mol. The fourth-order valence-electron chi connectivity index (χ4n) is 4.51. The van der Waals surface area contributed by atoms with E-state index in [9.17, 15) is 9.90 Å². The molecular weight excluding hydrogens is 376 g/mol. The van der Waals surface area contributed by atoms with Crippen molar-refractivity contribution in [2.45, 2.75) is 44.8 Å². The summed E-state index contributed by atoms with van der Waals surface area (Å²) in [6.07, 6.45) is 8.03. The molecule has 1 aliphatic carbocycles. The second-order valence-corrected chi connectivity index (χ2v) is 8.13. The lowest BCUT2D eigenvalue weighted by molar-refractivity contribution is 0.134. The summed E-state index contributed by atoms with van der Waals surface area (Å²) in [5.41, 5.74) is 4.93. The standard InChI is InChI=1S/C24H24N4O2/c1-16-12-18(13-17-6-8-19(9-7-17)28-11-3-10-26-28)14-20-23(16)25-15-27(24(20)30)21-4-2-5-22(21)29/h3,6-12,14-15,21-22,29H,2,4-5,13H2,1H3/t21-,22-/m1/s1. The molecule has 2 aromatic carbocycles. The van der Waals surface area contributed by atoms with Gasteiger partial charge in [-0.05, 0) is 73.6 Å². The number of aryl methyl sites for hydroxylation is 1. The Hall–Kier alpha value is -3.25. The summed E-state index contributed by atoms with van der Waals surface area (Å²) in [4.78, 5) is 17.7. The number of aliphatic hydroxyl groups is 1. The van der Waals surface area contributed by atoms with Crippen LogP contribution in [0.5, 0.6) is 0 Å². The van der Waals surface area contributed by atoms with Crippen LogP contribution in [0.15, 0.2) is 66.0 Å². The maximum atomic E-state index is 13.2. The van der Waals surface area contributed by atoms with Gasteiger partial charge in [-0.15, -0.1) is 0 Å². The summed E-state index contributed by atoms with van der Waals surface area (Å²) in [6.45, 7) is 1.99. The lowest BCUT2D eigenvalue weighted by atomic mass is 10.00. The van der Waals surface area contributed by atoms with Gasteiger partial charge >= 0.3 is 0 Å². The molecule has 30 heavy (non-hydrogen) atoms. The average Bonchev–Trinajstić information content (AvgIpc) is 3.42. The van der Waals surface area contributed by atoms with Crippen LogP contribution in [0.2, 0.25) is 0 Å². The molecule has 0 bridgehead atoms. The van der Waals surface area contributed by atoms with Crippen molar-refractivity contribution >= 4 is 10.9 Å². The highest BCUT2D eigenvalue weighted by molar-refractivity contribution is 5.81. The van der Waals surface area contributed by atoms with E-state index in [0.29, 0.717) is 5.39 Å². The first kappa shape index (κ1) is 18.8. The Balaban J connectivity index is 1.49. The molecule has 1 fully saturated rings. The fourth-order valence-corrected chi connectivity index (χ4v) is 4.51. The molecule has 0 saturated heterocycles. The van der Waals surface area contributed by atoms with Gasteiger partial charge in [0, 0.05) is 12.4 Å². The minimum absolute atomic E-state index is 0.0649. The Morgan fingerprint density at radius 1 is 1.13 bits per heavy atom. The van der Waals surface area contributed by atoms with E-state index in [2.05, 4.69) is 28.3 Å². The molecule has 5 rings (SSSR count). The molecule has 152 valence electrons. The van der Waals surface area contributed by atoms with Crippen LogP contribution in [0, 0.1) is 6.92 Å². The minimum atomic E-state index is -0.473. The van der Waals surface area contributed by atoms with Crippen molar-refractivity contribution in [3.63, 3.8) is 0 Å². The number of hydrogen-bond acceptors (Lipinski definition) is 4. The van der Waals surface area contributed by atoms with Crippen LogP contribution in [0.3, 0.4) is 0 Å². The van der Waals surface area contributed by atoms with Crippen LogP contribution in [0.1, 0.15) is 42.0 Å². The van der Waals surface area contributed by atoms with Gasteiger partial charge in [0.15, 0.2) is 0 Å². The highest BCUT2D eigenvalue weighted by atomic mass is 16.3. The van der Waals surface area contributed by atoms with E-state index in [1.54, 1.807) is 17.1 Å². The van der Waals surface area contributed by atoms with E-state index in [1.165, 1.54) is 5.56 Å². The molecule has 1 N–H and O–H groups in total. The Morgan fingerprint density at radius 2 is 1.97 bits per heavy atom. The molecule has 0 spiro atoms. The molecule has 2 aromatic heterocycles.